The van der Waals surface area contributed by atoms with E-state index in [0.717, 1.165) is 11.1 Å². The molecule has 2 atom stereocenters. The summed E-state index contributed by atoms with van der Waals surface area (Å²) in [5.74, 6) is -1.63. The number of hydrogen-bond acceptors (Lipinski definition) is 5. The van der Waals surface area contributed by atoms with Gasteiger partial charge in [-0.2, -0.15) is 0 Å². The first kappa shape index (κ1) is 22.4. The zero-order valence-corrected chi connectivity index (χ0v) is 18.7. The normalized spacial score (nSPS) is 25.1. The minimum Gasteiger partial charge on any atom is -0.481 e. The maximum Gasteiger partial charge on any atom is 0.407 e. The van der Waals surface area contributed by atoms with Crippen LogP contribution in [0.2, 0.25) is 0 Å². The lowest BCUT2D eigenvalue weighted by Crippen LogP contribution is -2.51. The largest absolute Gasteiger partial charge is 0.481 e. The zero-order chi connectivity index (χ0) is 23.7. The van der Waals surface area contributed by atoms with Crippen LogP contribution in [0.5, 0.6) is 0 Å². The van der Waals surface area contributed by atoms with Crippen molar-refractivity contribution >= 4 is 18.0 Å². The van der Waals surface area contributed by atoms with Crippen molar-refractivity contribution in [2.75, 3.05) is 19.8 Å². The van der Waals surface area contributed by atoms with Gasteiger partial charge in [-0.3, -0.25) is 9.59 Å². The number of ether oxygens (including phenoxy) is 2. The molecule has 1 saturated heterocycles. The van der Waals surface area contributed by atoms with E-state index in [1.165, 1.54) is 11.1 Å². The molecular formula is C26H28N2O6. The molecule has 0 bridgehead atoms. The molecule has 1 saturated carbocycles. The van der Waals surface area contributed by atoms with E-state index in [1.54, 1.807) is 0 Å². The number of rotatable bonds is 7. The predicted molar refractivity (Wildman–Crippen MR) is 123 cm³/mol. The lowest BCUT2D eigenvalue weighted by atomic mass is 9.80. The number of hydrogen-bond donors (Lipinski definition) is 3. The van der Waals surface area contributed by atoms with Crippen LogP contribution in [0.4, 0.5) is 4.79 Å². The van der Waals surface area contributed by atoms with Crippen molar-refractivity contribution in [3.63, 3.8) is 0 Å². The molecule has 1 heterocycles. The Kier molecular flexibility index (Phi) is 6.24. The fourth-order valence-electron chi connectivity index (χ4n) is 5.22. The summed E-state index contributed by atoms with van der Waals surface area (Å²) in [5.41, 5.74) is 4.65. The summed E-state index contributed by atoms with van der Waals surface area (Å²) in [5, 5.41) is 14.6. The number of carbonyl (C=O) groups is 3. The second kappa shape index (κ2) is 9.46. The number of carboxylic acid groups (broad SMARTS) is 1. The van der Waals surface area contributed by atoms with E-state index in [4.69, 9.17) is 14.6 Å². The molecule has 3 N–H and O–H groups in total. The van der Waals surface area contributed by atoms with Crippen molar-refractivity contribution in [3.8, 4) is 11.1 Å². The lowest BCUT2D eigenvalue weighted by Gasteiger charge is -2.34. The highest BCUT2D eigenvalue weighted by molar-refractivity contribution is 5.82. The molecule has 178 valence electrons. The monoisotopic (exact) mass is 464 g/mol. The van der Waals surface area contributed by atoms with Gasteiger partial charge in [0.25, 0.3) is 0 Å². The average molecular weight is 465 g/mol. The molecule has 2 aliphatic carbocycles. The Labute approximate surface area is 197 Å². The van der Waals surface area contributed by atoms with Gasteiger partial charge in [0, 0.05) is 31.0 Å². The molecular weight excluding hydrogens is 436 g/mol. The van der Waals surface area contributed by atoms with Gasteiger partial charge in [-0.1, -0.05) is 48.5 Å². The van der Waals surface area contributed by atoms with Gasteiger partial charge in [0.05, 0.1) is 5.92 Å². The molecule has 5 rings (SSSR count). The van der Waals surface area contributed by atoms with Gasteiger partial charge in [-0.15, -0.1) is 0 Å². The van der Waals surface area contributed by atoms with E-state index in [2.05, 4.69) is 34.9 Å². The highest BCUT2D eigenvalue weighted by Crippen LogP contribution is 2.44. The van der Waals surface area contributed by atoms with Crippen LogP contribution < -0.4 is 10.6 Å². The number of carboxylic acids is 1. The Balaban J connectivity index is 1.11. The molecule has 2 unspecified atom stereocenters. The van der Waals surface area contributed by atoms with Gasteiger partial charge in [-0.05, 0) is 41.5 Å². The van der Waals surface area contributed by atoms with E-state index in [0.29, 0.717) is 25.9 Å². The van der Waals surface area contributed by atoms with Crippen LogP contribution in [-0.4, -0.2) is 55.0 Å². The number of carbonyl (C=O) groups excluding carboxylic acids is 2. The third-order valence-electron chi connectivity index (χ3n) is 7.16. The fraction of sp³-hybridized carbons (Fsp3) is 0.423. The zero-order valence-electron chi connectivity index (χ0n) is 18.7. The highest BCUT2D eigenvalue weighted by Gasteiger charge is 2.40. The molecule has 1 aliphatic heterocycles. The first-order chi connectivity index (χ1) is 16.5. The molecule has 0 radical (unpaired) electrons. The van der Waals surface area contributed by atoms with Gasteiger partial charge in [0.2, 0.25) is 5.91 Å². The van der Waals surface area contributed by atoms with E-state index in [1.807, 2.05) is 24.3 Å². The van der Waals surface area contributed by atoms with Crippen molar-refractivity contribution in [1.82, 2.24) is 10.6 Å². The summed E-state index contributed by atoms with van der Waals surface area (Å²) in [7, 11) is 0. The van der Waals surface area contributed by atoms with E-state index < -0.39 is 18.2 Å². The van der Waals surface area contributed by atoms with Gasteiger partial charge in [0.15, 0.2) is 0 Å². The first-order valence-electron chi connectivity index (χ1n) is 11.7. The highest BCUT2D eigenvalue weighted by atomic mass is 16.5. The van der Waals surface area contributed by atoms with E-state index in [-0.39, 0.29) is 42.9 Å². The first-order valence-corrected chi connectivity index (χ1v) is 11.7. The van der Waals surface area contributed by atoms with Crippen molar-refractivity contribution in [3.05, 3.63) is 59.7 Å². The summed E-state index contributed by atoms with van der Waals surface area (Å²) < 4.78 is 11.2. The molecule has 2 aromatic rings. The second-order valence-electron chi connectivity index (χ2n) is 9.26. The quantitative estimate of drug-likeness (QED) is 0.581. The Morgan fingerprint density at radius 2 is 1.65 bits per heavy atom. The number of aliphatic carboxylic acids is 1. The molecule has 34 heavy (non-hydrogen) atoms. The van der Waals surface area contributed by atoms with Crippen LogP contribution in [0, 0.1) is 11.8 Å². The van der Waals surface area contributed by atoms with Crippen LogP contribution in [0.25, 0.3) is 11.1 Å². The van der Waals surface area contributed by atoms with Crippen LogP contribution in [-0.2, 0) is 19.1 Å². The number of amides is 2. The molecule has 8 heteroatoms. The van der Waals surface area contributed by atoms with Crippen LogP contribution >= 0.6 is 0 Å². The van der Waals surface area contributed by atoms with Gasteiger partial charge < -0.3 is 25.2 Å². The minimum absolute atomic E-state index is 0.0106. The summed E-state index contributed by atoms with van der Waals surface area (Å²) in [6.45, 7) is 0.950. The van der Waals surface area contributed by atoms with Crippen LogP contribution in [0.1, 0.15) is 36.3 Å². The van der Waals surface area contributed by atoms with Gasteiger partial charge in [0.1, 0.15) is 12.7 Å². The Morgan fingerprint density at radius 1 is 1.00 bits per heavy atom. The maximum absolute atomic E-state index is 12.6. The minimum atomic E-state index is -0.826. The van der Waals surface area contributed by atoms with Crippen molar-refractivity contribution < 1.29 is 29.0 Å². The number of fused-ring (bicyclic) bond motifs is 3. The smallest absolute Gasteiger partial charge is 0.407 e. The number of nitrogens with one attached hydrogen (secondary N) is 2. The molecule has 8 nitrogen and oxygen atoms in total. The van der Waals surface area contributed by atoms with E-state index in [9.17, 15) is 14.4 Å². The van der Waals surface area contributed by atoms with Crippen molar-refractivity contribution in [1.29, 1.82) is 0 Å². The Bertz CT molecular complexity index is 1050. The summed E-state index contributed by atoms with van der Waals surface area (Å²) >= 11 is 0. The molecule has 0 spiro atoms. The van der Waals surface area contributed by atoms with Crippen molar-refractivity contribution in [2.24, 2.45) is 11.8 Å². The summed E-state index contributed by atoms with van der Waals surface area (Å²) in [4.78, 5) is 36.0. The summed E-state index contributed by atoms with van der Waals surface area (Å²) in [6, 6.07) is 16.2. The van der Waals surface area contributed by atoms with Crippen molar-refractivity contribution in [2.45, 2.75) is 37.3 Å². The maximum atomic E-state index is 12.6. The molecule has 0 aromatic heterocycles. The molecule has 3 aliphatic rings. The van der Waals surface area contributed by atoms with Crippen LogP contribution in [0.15, 0.2) is 48.5 Å². The van der Waals surface area contributed by atoms with Crippen LogP contribution in [0.3, 0.4) is 0 Å². The molecule has 2 fully saturated rings. The third-order valence-corrected chi connectivity index (χ3v) is 7.16. The number of benzene rings is 2. The summed E-state index contributed by atoms with van der Waals surface area (Å²) in [6.07, 6.45) is 0.367. The van der Waals surface area contributed by atoms with Gasteiger partial charge >= 0.3 is 12.1 Å². The Hall–Kier alpha value is -3.39. The SMILES string of the molecule is O=C(NCC1CCOC1C(=O)NC1CC(C(=O)O)C1)OCC1c2ccccc2-c2ccccc21. The Morgan fingerprint density at radius 3 is 2.29 bits per heavy atom. The third kappa shape index (κ3) is 4.37. The molecule has 2 amide bonds. The average Bonchev–Trinajstić information content (AvgIpc) is 3.41. The van der Waals surface area contributed by atoms with Gasteiger partial charge in [-0.25, -0.2) is 4.79 Å². The fourth-order valence-corrected chi connectivity index (χ4v) is 5.22. The number of alkyl carbamates (subject to hydrolysis) is 1. The topological polar surface area (TPSA) is 114 Å². The van der Waals surface area contributed by atoms with E-state index >= 15 is 0 Å². The molecule has 2 aromatic carbocycles. The standard InChI is InChI=1S/C26H28N2O6/c29-24(28-17-11-16(12-17)25(30)31)23-15(9-10-33-23)13-27-26(32)34-14-22-20-7-3-1-5-18(20)19-6-2-4-8-21(19)22/h1-8,15-17,22-23H,9-14H2,(H,27,32)(H,28,29)(H,30,31). The predicted octanol–water partition coefficient (Wildman–Crippen LogP) is 2.91. The second-order valence-corrected chi connectivity index (χ2v) is 9.26. The lowest BCUT2D eigenvalue weighted by molar-refractivity contribution is -0.147.